The molecular weight excluding hydrogens is 326 g/mol. The molecule has 1 aromatic heterocycles. The summed E-state index contributed by atoms with van der Waals surface area (Å²) in [6, 6.07) is 18.7. The van der Waals surface area contributed by atoms with Gasteiger partial charge in [-0.1, -0.05) is 48.0 Å². The quantitative estimate of drug-likeness (QED) is 0.765. The van der Waals surface area contributed by atoms with Crippen LogP contribution in [0, 0.1) is 0 Å². The maximum absolute atomic E-state index is 12.2. The Bertz CT molecular complexity index is 819. The Hall–Kier alpha value is -2.79. The lowest BCUT2D eigenvalue weighted by Crippen LogP contribution is -2.30. The summed E-state index contributed by atoms with van der Waals surface area (Å²) >= 11 is 6.16. The molecule has 6 heteroatoms. The number of halogens is 1. The average molecular weight is 342 g/mol. The number of benzene rings is 2. The highest BCUT2D eigenvalue weighted by Gasteiger charge is 2.19. The molecule has 122 valence electrons. The summed E-state index contributed by atoms with van der Waals surface area (Å²) in [6.07, 6.45) is 0.912. The first-order chi connectivity index (χ1) is 11.6. The zero-order valence-corrected chi connectivity index (χ0v) is 13.8. The van der Waals surface area contributed by atoms with Crippen molar-refractivity contribution in [2.45, 2.75) is 13.0 Å². The highest BCUT2D eigenvalue weighted by molar-refractivity contribution is 6.31. The van der Waals surface area contributed by atoms with Gasteiger partial charge in [0.25, 0.3) is 11.8 Å². The number of carbonyl (C=O) groups is 1. The second kappa shape index (κ2) is 7.19. The average Bonchev–Trinajstić information content (AvgIpc) is 2.97. The van der Waals surface area contributed by atoms with Crippen molar-refractivity contribution >= 4 is 23.2 Å². The molecule has 0 aliphatic carbocycles. The van der Waals surface area contributed by atoms with Gasteiger partial charge in [-0.3, -0.25) is 4.79 Å². The minimum Gasteiger partial charge on any atom is -0.462 e. The molecule has 0 fully saturated rings. The standard InChI is InChI=1S/C18H16ClN3O2/c1-13(17(23)20-14-8-4-2-5-9-14)24-18-16(19)12-22(21-18)15-10-6-3-7-11-15/h2-13H,1H3,(H,20,23)/t13-/m1/s1. The Morgan fingerprint density at radius 1 is 1.12 bits per heavy atom. The van der Waals surface area contributed by atoms with E-state index in [1.807, 2.05) is 60.7 Å². The molecule has 1 N–H and O–H groups in total. The normalized spacial score (nSPS) is 11.8. The summed E-state index contributed by atoms with van der Waals surface area (Å²) < 4.78 is 7.22. The summed E-state index contributed by atoms with van der Waals surface area (Å²) in [5.74, 6) is -0.0530. The fourth-order valence-electron chi connectivity index (χ4n) is 2.12. The number of nitrogens with one attached hydrogen (secondary N) is 1. The molecule has 2 aromatic carbocycles. The van der Waals surface area contributed by atoms with Crippen LogP contribution in [0.4, 0.5) is 5.69 Å². The van der Waals surface area contributed by atoms with Crippen molar-refractivity contribution in [3.63, 3.8) is 0 Å². The van der Waals surface area contributed by atoms with Gasteiger partial charge in [0.15, 0.2) is 6.10 Å². The van der Waals surface area contributed by atoms with Crippen LogP contribution in [0.25, 0.3) is 5.69 Å². The number of para-hydroxylation sites is 2. The van der Waals surface area contributed by atoms with Gasteiger partial charge in [-0.15, -0.1) is 5.10 Å². The van der Waals surface area contributed by atoms with Crippen LogP contribution in [0.1, 0.15) is 6.92 Å². The van der Waals surface area contributed by atoms with Crippen LogP contribution in [0.5, 0.6) is 5.88 Å². The molecule has 3 rings (SSSR count). The first kappa shape index (κ1) is 16.1. The third-order valence-electron chi connectivity index (χ3n) is 3.36. The molecule has 0 saturated heterocycles. The van der Waals surface area contributed by atoms with Gasteiger partial charge >= 0.3 is 0 Å². The summed E-state index contributed by atoms with van der Waals surface area (Å²) in [6.45, 7) is 1.65. The molecule has 0 aliphatic heterocycles. The smallest absolute Gasteiger partial charge is 0.265 e. The van der Waals surface area contributed by atoms with Gasteiger partial charge < -0.3 is 10.1 Å². The number of hydrogen-bond donors (Lipinski definition) is 1. The fraction of sp³-hybridized carbons (Fsp3) is 0.111. The van der Waals surface area contributed by atoms with Crippen molar-refractivity contribution in [3.05, 3.63) is 71.9 Å². The molecule has 1 heterocycles. The van der Waals surface area contributed by atoms with Gasteiger partial charge in [-0.25, -0.2) is 4.68 Å². The number of rotatable bonds is 5. The predicted molar refractivity (Wildman–Crippen MR) is 93.7 cm³/mol. The molecule has 1 amide bonds. The van der Waals surface area contributed by atoms with E-state index < -0.39 is 6.10 Å². The summed E-state index contributed by atoms with van der Waals surface area (Å²) in [5.41, 5.74) is 1.56. The minimum absolute atomic E-state index is 0.219. The molecule has 0 spiro atoms. The van der Waals surface area contributed by atoms with E-state index in [0.29, 0.717) is 10.7 Å². The van der Waals surface area contributed by atoms with Crippen LogP contribution in [-0.4, -0.2) is 21.8 Å². The molecule has 0 radical (unpaired) electrons. The van der Waals surface area contributed by atoms with Crippen LogP contribution in [0.3, 0.4) is 0 Å². The fourth-order valence-corrected chi connectivity index (χ4v) is 2.29. The zero-order valence-electron chi connectivity index (χ0n) is 13.0. The van der Waals surface area contributed by atoms with Gasteiger partial charge in [-0.2, -0.15) is 0 Å². The Labute approximate surface area is 144 Å². The lowest BCUT2D eigenvalue weighted by Gasteiger charge is -2.13. The largest absolute Gasteiger partial charge is 0.462 e. The van der Waals surface area contributed by atoms with E-state index in [1.54, 1.807) is 17.8 Å². The van der Waals surface area contributed by atoms with Crippen molar-refractivity contribution in [1.29, 1.82) is 0 Å². The first-order valence-electron chi connectivity index (χ1n) is 7.46. The maximum atomic E-state index is 12.2. The highest BCUT2D eigenvalue weighted by Crippen LogP contribution is 2.25. The van der Waals surface area contributed by atoms with Crippen LogP contribution < -0.4 is 10.1 Å². The van der Waals surface area contributed by atoms with Gasteiger partial charge in [0, 0.05) is 5.69 Å². The SMILES string of the molecule is C[C@@H](Oc1nn(-c2ccccc2)cc1Cl)C(=O)Nc1ccccc1. The van der Waals surface area contributed by atoms with E-state index in [9.17, 15) is 4.79 Å². The number of hydrogen-bond acceptors (Lipinski definition) is 3. The third-order valence-corrected chi connectivity index (χ3v) is 3.62. The lowest BCUT2D eigenvalue weighted by molar-refractivity contribution is -0.122. The van der Waals surface area contributed by atoms with E-state index >= 15 is 0 Å². The van der Waals surface area contributed by atoms with Crippen molar-refractivity contribution in [1.82, 2.24) is 9.78 Å². The van der Waals surface area contributed by atoms with Gasteiger partial charge in [0.1, 0.15) is 5.02 Å². The number of ether oxygens (including phenoxy) is 1. The Morgan fingerprint density at radius 3 is 2.42 bits per heavy atom. The van der Waals surface area contributed by atoms with E-state index in [-0.39, 0.29) is 11.8 Å². The lowest BCUT2D eigenvalue weighted by atomic mass is 10.3. The number of carbonyl (C=O) groups excluding carboxylic acids is 1. The second-order valence-electron chi connectivity index (χ2n) is 5.18. The van der Waals surface area contributed by atoms with Crippen molar-refractivity contribution in [3.8, 4) is 11.6 Å². The molecule has 0 aliphatic rings. The van der Waals surface area contributed by atoms with Crippen LogP contribution in [0.2, 0.25) is 5.02 Å². The number of nitrogens with zero attached hydrogens (tertiary/aromatic N) is 2. The Balaban J connectivity index is 1.69. The van der Waals surface area contributed by atoms with Crippen molar-refractivity contribution < 1.29 is 9.53 Å². The maximum Gasteiger partial charge on any atom is 0.265 e. The van der Waals surface area contributed by atoms with E-state index in [0.717, 1.165) is 5.69 Å². The van der Waals surface area contributed by atoms with E-state index in [1.165, 1.54) is 0 Å². The molecular formula is C18H16ClN3O2. The van der Waals surface area contributed by atoms with Crippen molar-refractivity contribution in [2.75, 3.05) is 5.32 Å². The monoisotopic (exact) mass is 341 g/mol. The van der Waals surface area contributed by atoms with E-state index in [2.05, 4.69) is 10.4 Å². The zero-order chi connectivity index (χ0) is 16.9. The molecule has 24 heavy (non-hydrogen) atoms. The Kier molecular flexibility index (Phi) is 4.82. The predicted octanol–water partition coefficient (Wildman–Crippen LogP) is 3.93. The third kappa shape index (κ3) is 3.75. The van der Waals surface area contributed by atoms with Crippen molar-refractivity contribution in [2.24, 2.45) is 0 Å². The molecule has 0 saturated carbocycles. The second-order valence-corrected chi connectivity index (χ2v) is 5.58. The number of amides is 1. The topological polar surface area (TPSA) is 56.2 Å². The number of anilines is 1. The van der Waals surface area contributed by atoms with Gasteiger partial charge in [0.2, 0.25) is 0 Å². The van der Waals surface area contributed by atoms with Gasteiger partial charge in [0.05, 0.1) is 11.9 Å². The highest BCUT2D eigenvalue weighted by atomic mass is 35.5. The molecule has 0 unspecified atom stereocenters. The molecule has 1 atom stereocenters. The summed E-state index contributed by atoms with van der Waals surface area (Å²) in [4.78, 5) is 12.2. The van der Waals surface area contributed by atoms with Gasteiger partial charge in [-0.05, 0) is 31.2 Å². The first-order valence-corrected chi connectivity index (χ1v) is 7.84. The van der Waals surface area contributed by atoms with E-state index in [4.69, 9.17) is 16.3 Å². The van der Waals surface area contributed by atoms with Crippen LogP contribution in [-0.2, 0) is 4.79 Å². The molecule has 5 nitrogen and oxygen atoms in total. The minimum atomic E-state index is -0.734. The Morgan fingerprint density at radius 2 is 1.75 bits per heavy atom. The summed E-state index contributed by atoms with van der Waals surface area (Å²) in [7, 11) is 0. The van der Waals surface area contributed by atoms with Crippen LogP contribution in [0.15, 0.2) is 66.9 Å². The molecule has 0 bridgehead atoms. The van der Waals surface area contributed by atoms with Crippen LogP contribution >= 0.6 is 11.6 Å². The number of aromatic nitrogens is 2. The summed E-state index contributed by atoms with van der Waals surface area (Å²) in [5, 5.41) is 7.42. The molecule has 3 aromatic rings.